The summed E-state index contributed by atoms with van der Waals surface area (Å²) in [7, 11) is 1.93. The molecule has 8 nitrogen and oxygen atoms in total. The van der Waals surface area contributed by atoms with E-state index in [1.165, 1.54) is 12.7 Å². The topological polar surface area (TPSA) is 113 Å². The van der Waals surface area contributed by atoms with Crippen molar-refractivity contribution < 1.29 is 0 Å². The monoisotopic (exact) mass is 338 g/mol. The number of anilines is 2. The second-order valence-electron chi connectivity index (χ2n) is 5.90. The molecular formula is C17H22N8. The molecule has 0 fully saturated rings. The van der Waals surface area contributed by atoms with Crippen molar-refractivity contribution in [2.45, 2.75) is 26.3 Å². The summed E-state index contributed by atoms with van der Waals surface area (Å²) >= 11 is 0. The van der Waals surface area contributed by atoms with Crippen molar-refractivity contribution in [3.05, 3.63) is 37.2 Å². The molecule has 0 bridgehead atoms. The van der Waals surface area contributed by atoms with E-state index in [0.29, 0.717) is 17.7 Å². The Labute approximate surface area is 145 Å². The first-order valence-electron chi connectivity index (χ1n) is 8.11. The van der Waals surface area contributed by atoms with Gasteiger partial charge in [-0.05, 0) is 25.5 Å². The number of hydrogen-bond donors (Lipinski definition) is 2. The summed E-state index contributed by atoms with van der Waals surface area (Å²) < 4.78 is 4.04. The molecule has 130 valence electrons. The number of hydrogen-bond acceptors (Lipinski definition) is 6. The number of rotatable bonds is 2. The van der Waals surface area contributed by atoms with E-state index in [4.69, 9.17) is 11.5 Å². The molecule has 4 N–H and O–H groups in total. The summed E-state index contributed by atoms with van der Waals surface area (Å²) in [5.74, 6) is 1.09. The van der Waals surface area contributed by atoms with Crippen LogP contribution in [0, 0.1) is 0 Å². The van der Waals surface area contributed by atoms with E-state index in [0.717, 1.165) is 28.5 Å². The lowest BCUT2D eigenvalue weighted by Crippen LogP contribution is -2.03. The third kappa shape index (κ3) is 3.10. The standard InChI is InChI=1S/C10H14N4.C7H8N4/c1-3-7(2)14-5-4-8-9(11)12-6-13-10(8)14;1-11-3-2-5-6(8)9-4-10-7(5)11/h4-7H,3H2,1-2H3,(H2,11,12,13);2-4H,1H3,(H2,8,9,10). The molecule has 4 rings (SSSR count). The Morgan fingerprint density at radius 1 is 0.920 bits per heavy atom. The van der Waals surface area contributed by atoms with Crippen LogP contribution in [0.1, 0.15) is 26.3 Å². The van der Waals surface area contributed by atoms with Crippen molar-refractivity contribution in [3.63, 3.8) is 0 Å². The highest BCUT2D eigenvalue weighted by Gasteiger charge is 2.09. The molecule has 0 aliphatic heterocycles. The van der Waals surface area contributed by atoms with Crippen LogP contribution < -0.4 is 11.5 Å². The van der Waals surface area contributed by atoms with Crippen molar-refractivity contribution in [1.82, 2.24) is 29.1 Å². The molecule has 0 amide bonds. The van der Waals surface area contributed by atoms with Crippen molar-refractivity contribution in [2.24, 2.45) is 7.05 Å². The molecule has 1 unspecified atom stereocenters. The van der Waals surface area contributed by atoms with E-state index in [-0.39, 0.29) is 0 Å². The van der Waals surface area contributed by atoms with E-state index in [9.17, 15) is 0 Å². The van der Waals surface area contributed by atoms with Gasteiger partial charge >= 0.3 is 0 Å². The van der Waals surface area contributed by atoms with Crippen molar-refractivity contribution in [1.29, 1.82) is 0 Å². The van der Waals surface area contributed by atoms with Crippen molar-refractivity contribution in [2.75, 3.05) is 11.5 Å². The molecule has 4 aromatic rings. The summed E-state index contributed by atoms with van der Waals surface area (Å²) in [6.45, 7) is 4.32. The van der Waals surface area contributed by atoms with Crippen LogP contribution in [0.15, 0.2) is 37.2 Å². The Bertz CT molecular complexity index is 1000. The van der Waals surface area contributed by atoms with Gasteiger partial charge in [-0.3, -0.25) is 0 Å². The van der Waals surface area contributed by atoms with Crippen LogP contribution in [0.4, 0.5) is 11.6 Å². The molecule has 0 aromatic carbocycles. The highest BCUT2D eigenvalue weighted by atomic mass is 15.1. The fourth-order valence-corrected chi connectivity index (χ4v) is 2.64. The van der Waals surface area contributed by atoms with Gasteiger partial charge in [0.05, 0.1) is 10.8 Å². The third-order valence-electron chi connectivity index (χ3n) is 4.30. The highest BCUT2D eigenvalue weighted by Crippen LogP contribution is 2.22. The smallest absolute Gasteiger partial charge is 0.145 e. The van der Waals surface area contributed by atoms with Crippen LogP contribution in [-0.2, 0) is 7.05 Å². The van der Waals surface area contributed by atoms with E-state index in [1.54, 1.807) is 0 Å². The van der Waals surface area contributed by atoms with Crippen LogP contribution in [0.5, 0.6) is 0 Å². The molecule has 0 saturated heterocycles. The first-order chi connectivity index (χ1) is 12.0. The fraction of sp³-hybridized carbons (Fsp3) is 0.294. The molecule has 0 aliphatic rings. The second-order valence-corrected chi connectivity index (χ2v) is 5.90. The number of aromatic nitrogens is 6. The minimum absolute atomic E-state index is 0.446. The van der Waals surface area contributed by atoms with Gasteiger partial charge in [0.2, 0.25) is 0 Å². The molecule has 25 heavy (non-hydrogen) atoms. The average molecular weight is 338 g/mol. The molecule has 8 heteroatoms. The van der Waals surface area contributed by atoms with Crippen LogP contribution in [0.3, 0.4) is 0 Å². The van der Waals surface area contributed by atoms with Gasteiger partial charge in [0.1, 0.15) is 35.6 Å². The highest BCUT2D eigenvalue weighted by molar-refractivity contribution is 5.86. The van der Waals surface area contributed by atoms with E-state index >= 15 is 0 Å². The van der Waals surface area contributed by atoms with E-state index < -0.39 is 0 Å². The quantitative estimate of drug-likeness (QED) is 0.580. The molecule has 4 heterocycles. The zero-order valence-corrected chi connectivity index (χ0v) is 14.6. The lowest BCUT2D eigenvalue weighted by Gasteiger charge is -2.11. The van der Waals surface area contributed by atoms with Gasteiger partial charge < -0.3 is 20.6 Å². The molecule has 1 atom stereocenters. The predicted octanol–water partition coefficient (Wildman–Crippen LogP) is 2.54. The van der Waals surface area contributed by atoms with Gasteiger partial charge in [0.25, 0.3) is 0 Å². The number of aryl methyl sites for hydroxylation is 1. The predicted molar refractivity (Wildman–Crippen MR) is 99.9 cm³/mol. The molecule has 4 aromatic heterocycles. The van der Waals surface area contributed by atoms with Crippen molar-refractivity contribution in [3.8, 4) is 0 Å². The Hall–Kier alpha value is -3.16. The van der Waals surface area contributed by atoms with E-state index in [1.807, 2.05) is 36.1 Å². The summed E-state index contributed by atoms with van der Waals surface area (Å²) in [5, 5.41) is 1.85. The summed E-state index contributed by atoms with van der Waals surface area (Å²) in [4.78, 5) is 16.1. The number of nitrogens with two attached hydrogens (primary N) is 2. The number of fused-ring (bicyclic) bond motifs is 2. The van der Waals surface area contributed by atoms with Crippen molar-refractivity contribution >= 4 is 33.7 Å². The fourth-order valence-electron chi connectivity index (χ4n) is 2.64. The third-order valence-corrected chi connectivity index (χ3v) is 4.30. The molecule has 0 radical (unpaired) electrons. The summed E-state index contributed by atoms with van der Waals surface area (Å²) in [6, 6.07) is 4.32. The maximum Gasteiger partial charge on any atom is 0.145 e. The zero-order chi connectivity index (χ0) is 18.0. The number of nitrogen functional groups attached to an aromatic ring is 2. The molecular weight excluding hydrogens is 316 g/mol. The molecule has 0 spiro atoms. The lowest BCUT2D eigenvalue weighted by molar-refractivity contribution is 0.544. The Kier molecular flexibility index (Phi) is 4.51. The van der Waals surface area contributed by atoms with Gasteiger partial charge in [0.15, 0.2) is 0 Å². The lowest BCUT2D eigenvalue weighted by atomic mass is 10.2. The van der Waals surface area contributed by atoms with Crippen LogP contribution in [0.2, 0.25) is 0 Å². The Balaban J connectivity index is 0.000000150. The average Bonchev–Trinajstić information content (AvgIpc) is 3.21. The van der Waals surface area contributed by atoms with Gasteiger partial charge in [-0.2, -0.15) is 0 Å². The SMILES string of the molecule is CCC(C)n1ccc2c(N)ncnc21.Cn1ccc2c(N)ncnc21. The normalized spacial score (nSPS) is 12.1. The first kappa shape index (κ1) is 16.7. The number of nitrogens with zero attached hydrogens (tertiary/aromatic N) is 6. The van der Waals surface area contributed by atoms with Gasteiger partial charge in [-0.1, -0.05) is 6.92 Å². The van der Waals surface area contributed by atoms with Crippen LogP contribution in [-0.4, -0.2) is 29.1 Å². The molecule has 0 saturated carbocycles. The maximum absolute atomic E-state index is 5.75. The van der Waals surface area contributed by atoms with Gasteiger partial charge in [-0.25, -0.2) is 19.9 Å². The van der Waals surface area contributed by atoms with E-state index in [2.05, 4.69) is 38.4 Å². The minimum atomic E-state index is 0.446. The van der Waals surface area contributed by atoms with Gasteiger partial charge in [-0.15, -0.1) is 0 Å². The zero-order valence-electron chi connectivity index (χ0n) is 14.6. The second kappa shape index (κ2) is 6.76. The minimum Gasteiger partial charge on any atom is -0.383 e. The first-order valence-corrected chi connectivity index (χ1v) is 8.11. The van der Waals surface area contributed by atoms with Crippen LogP contribution >= 0.6 is 0 Å². The summed E-state index contributed by atoms with van der Waals surface area (Å²) in [5.41, 5.74) is 13.1. The Morgan fingerprint density at radius 2 is 1.48 bits per heavy atom. The summed E-state index contributed by atoms with van der Waals surface area (Å²) in [6.07, 6.45) is 7.99. The van der Waals surface area contributed by atoms with Gasteiger partial charge in [0, 0.05) is 25.5 Å². The Morgan fingerprint density at radius 3 is 2.08 bits per heavy atom. The molecule has 0 aliphatic carbocycles. The van der Waals surface area contributed by atoms with Crippen LogP contribution in [0.25, 0.3) is 22.1 Å². The maximum atomic E-state index is 5.75. The largest absolute Gasteiger partial charge is 0.383 e.